The van der Waals surface area contributed by atoms with Crippen molar-refractivity contribution in [1.29, 1.82) is 0 Å². The lowest BCUT2D eigenvalue weighted by molar-refractivity contribution is 0.0949. The number of fused-ring (bicyclic) bond motifs is 1. The van der Waals surface area contributed by atoms with E-state index in [-0.39, 0.29) is 5.56 Å². The summed E-state index contributed by atoms with van der Waals surface area (Å²) in [5.74, 6) is -1.98. The molecule has 112 valence electrons. The number of rotatable bonds is 4. The van der Waals surface area contributed by atoms with Crippen molar-refractivity contribution in [3.8, 4) is 0 Å². The number of carbonyl (C=O) groups excluding carboxylic acids is 1. The predicted octanol–water partition coefficient (Wildman–Crippen LogP) is 3.42. The molecule has 3 rings (SSSR count). The van der Waals surface area contributed by atoms with Crippen LogP contribution in [0.25, 0.3) is 10.9 Å². The molecule has 3 aromatic rings. The molecule has 0 atom stereocenters. The van der Waals surface area contributed by atoms with Crippen molar-refractivity contribution in [2.24, 2.45) is 0 Å². The number of para-hydroxylation sites is 1. The number of aromatic amines is 1. The largest absolute Gasteiger partial charge is 0.361 e. The molecule has 1 amide bonds. The average Bonchev–Trinajstić information content (AvgIpc) is 2.93. The number of carbonyl (C=O) groups is 1. The highest BCUT2D eigenvalue weighted by Crippen LogP contribution is 2.17. The molecule has 5 heteroatoms. The van der Waals surface area contributed by atoms with Gasteiger partial charge < -0.3 is 10.3 Å². The topological polar surface area (TPSA) is 44.9 Å². The molecule has 3 nitrogen and oxygen atoms in total. The Morgan fingerprint density at radius 3 is 2.82 bits per heavy atom. The molecule has 0 saturated heterocycles. The van der Waals surface area contributed by atoms with Gasteiger partial charge in [-0.3, -0.25) is 4.79 Å². The van der Waals surface area contributed by atoms with Gasteiger partial charge in [-0.05, 0) is 36.2 Å². The number of hydrogen-bond donors (Lipinski definition) is 2. The molecule has 0 spiro atoms. The summed E-state index contributed by atoms with van der Waals surface area (Å²) in [6.45, 7) is 0.344. The third kappa shape index (κ3) is 2.83. The van der Waals surface area contributed by atoms with Crippen molar-refractivity contribution in [1.82, 2.24) is 10.3 Å². The molecule has 0 fully saturated rings. The first-order valence-electron chi connectivity index (χ1n) is 6.93. The molecule has 0 unspecified atom stereocenters. The Balaban J connectivity index is 1.65. The first kappa shape index (κ1) is 14.3. The van der Waals surface area contributed by atoms with Crippen LogP contribution < -0.4 is 5.32 Å². The molecule has 0 aliphatic rings. The summed E-state index contributed by atoms with van der Waals surface area (Å²) in [6, 6.07) is 10.7. The van der Waals surface area contributed by atoms with E-state index in [1.54, 1.807) is 0 Å². The first-order chi connectivity index (χ1) is 10.6. The van der Waals surface area contributed by atoms with Crippen molar-refractivity contribution in [3.05, 3.63) is 71.4 Å². The van der Waals surface area contributed by atoms with E-state index in [0.717, 1.165) is 34.7 Å². The smallest absolute Gasteiger partial charge is 0.254 e. The highest BCUT2D eigenvalue weighted by atomic mass is 19.1. The third-order valence-electron chi connectivity index (χ3n) is 3.53. The van der Waals surface area contributed by atoms with Gasteiger partial charge in [-0.2, -0.15) is 0 Å². The van der Waals surface area contributed by atoms with Gasteiger partial charge in [-0.15, -0.1) is 0 Å². The van der Waals surface area contributed by atoms with Gasteiger partial charge in [0.15, 0.2) is 0 Å². The van der Waals surface area contributed by atoms with E-state index in [1.165, 1.54) is 0 Å². The Kier molecular flexibility index (Phi) is 3.87. The lowest BCUT2D eigenvalue weighted by atomic mass is 10.1. The van der Waals surface area contributed by atoms with Gasteiger partial charge in [0.2, 0.25) is 0 Å². The van der Waals surface area contributed by atoms with Crippen molar-refractivity contribution < 1.29 is 13.6 Å². The summed E-state index contributed by atoms with van der Waals surface area (Å²) in [5.41, 5.74) is 1.81. The van der Waals surface area contributed by atoms with E-state index in [9.17, 15) is 13.6 Å². The predicted molar refractivity (Wildman–Crippen MR) is 80.7 cm³/mol. The SMILES string of the molecule is O=C(NCCc1c[nH]c2ccccc12)c1cc(F)ccc1F. The Morgan fingerprint density at radius 1 is 1.14 bits per heavy atom. The van der Waals surface area contributed by atoms with Crippen LogP contribution in [-0.4, -0.2) is 17.4 Å². The number of halogens is 2. The fourth-order valence-corrected chi connectivity index (χ4v) is 2.42. The highest BCUT2D eigenvalue weighted by molar-refractivity contribution is 5.94. The Morgan fingerprint density at radius 2 is 1.95 bits per heavy atom. The summed E-state index contributed by atoms with van der Waals surface area (Å²) in [7, 11) is 0. The third-order valence-corrected chi connectivity index (χ3v) is 3.53. The maximum absolute atomic E-state index is 13.5. The van der Waals surface area contributed by atoms with E-state index >= 15 is 0 Å². The molecular weight excluding hydrogens is 286 g/mol. The average molecular weight is 300 g/mol. The van der Waals surface area contributed by atoms with E-state index in [0.29, 0.717) is 13.0 Å². The maximum Gasteiger partial charge on any atom is 0.254 e. The fraction of sp³-hybridized carbons (Fsp3) is 0.118. The van der Waals surface area contributed by atoms with Crippen LogP contribution in [0, 0.1) is 11.6 Å². The number of benzene rings is 2. The minimum absolute atomic E-state index is 0.279. The number of aromatic nitrogens is 1. The minimum atomic E-state index is -0.731. The van der Waals surface area contributed by atoms with E-state index in [2.05, 4.69) is 10.3 Å². The van der Waals surface area contributed by atoms with Crippen LogP contribution in [0.5, 0.6) is 0 Å². The molecule has 0 aliphatic carbocycles. The van der Waals surface area contributed by atoms with Gasteiger partial charge in [-0.1, -0.05) is 18.2 Å². The van der Waals surface area contributed by atoms with Gasteiger partial charge in [0.1, 0.15) is 11.6 Å². The quantitative estimate of drug-likeness (QED) is 0.762. The van der Waals surface area contributed by atoms with Crippen molar-refractivity contribution in [3.63, 3.8) is 0 Å². The summed E-state index contributed by atoms with van der Waals surface area (Å²) >= 11 is 0. The zero-order valence-electron chi connectivity index (χ0n) is 11.7. The van der Waals surface area contributed by atoms with Gasteiger partial charge in [0.25, 0.3) is 5.91 Å². The van der Waals surface area contributed by atoms with Crippen molar-refractivity contribution in [2.75, 3.05) is 6.54 Å². The molecule has 0 bridgehead atoms. The van der Waals surface area contributed by atoms with Gasteiger partial charge >= 0.3 is 0 Å². The van der Waals surface area contributed by atoms with Crippen LogP contribution in [0.2, 0.25) is 0 Å². The minimum Gasteiger partial charge on any atom is -0.361 e. The van der Waals surface area contributed by atoms with Crippen LogP contribution in [0.1, 0.15) is 15.9 Å². The Bertz CT molecular complexity index is 826. The van der Waals surface area contributed by atoms with Crippen LogP contribution in [0.4, 0.5) is 8.78 Å². The second kappa shape index (κ2) is 5.97. The van der Waals surface area contributed by atoms with Gasteiger partial charge in [0, 0.05) is 23.6 Å². The van der Waals surface area contributed by atoms with Crippen molar-refractivity contribution in [2.45, 2.75) is 6.42 Å². The molecule has 2 aromatic carbocycles. The Labute approximate surface area is 126 Å². The highest BCUT2D eigenvalue weighted by Gasteiger charge is 2.12. The lowest BCUT2D eigenvalue weighted by Crippen LogP contribution is -2.26. The summed E-state index contributed by atoms with van der Waals surface area (Å²) < 4.78 is 26.6. The lowest BCUT2D eigenvalue weighted by Gasteiger charge is -2.06. The second-order valence-corrected chi connectivity index (χ2v) is 4.99. The van der Waals surface area contributed by atoms with E-state index < -0.39 is 17.5 Å². The Hall–Kier alpha value is -2.69. The number of H-pyrrole nitrogens is 1. The van der Waals surface area contributed by atoms with E-state index in [4.69, 9.17) is 0 Å². The fourth-order valence-electron chi connectivity index (χ4n) is 2.42. The van der Waals surface area contributed by atoms with Crippen LogP contribution in [0.15, 0.2) is 48.7 Å². The molecule has 22 heavy (non-hydrogen) atoms. The number of amides is 1. The van der Waals surface area contributed by atoms with Crippen molar-refractivity contribution >= 4 is 16.8 Å². The zero-order chi connectivity index (χ0) is 15.5. The molecule has 0 saturated carbocycles. The van der Waals surface area contributed by atoms with Gasteiger partial charge in [-0.25, -0.2) is 8.78 Å². The van der Waals surface area contributed by atoms with E-state index in [1.807, 2.05) is 30.5 Å². The normalized spacial score (nSPS) is 10.8. The molecule has 0 radical (unpaired) electrons. The monoisotopic (exact) mass is 300 g/mol. The standard InChI is InChI=1S/C17H14F2N2O/c18-12-5-6-15(19)14(9-12)17(22)20-8-7-11-10-21-16-4-2-1-3-13(11)16/h1-6,9-10,21H,7-8H2,(H,20,22). The maximum atomic E-state index is 13.5. The van der Waals surface area contributed by atoms with Crippen LogP contribution >= 0.6 is 0 Å². The number of nitrogens with one attached hydrogen (secondary N) is 2. The summed E-state index contributed by atoms with van der Waals surface area (Å²) in [4.78, 5) is 15.0. The molecular formula is C17H14F2N2O. The molecule has 1 heterocycles. The molecule has 0 aliphatic heterocycles. The van der Waals surface area contributed by atoms with Gasteiger partial charge in [0.05, 0.1) is 5.56 Å². The number of hydrogen-bond acceptors (Lipinski definition) is 1. The summed E-state index contributed by atoms with van der Waals surface area (Å²) in [6.07, 6.45) is 2.49. The molecule has 1 aromatic heterocycles. The summed E-state index contributed by atoms with van der Waals surface area (Å²) in [5, 5.41) is 3.70. The molecule has 2 N–H and O–H groups in total. The second-order valence-electron chi connectivity index (χ2n) is 4.99. The van der Waals surface area contributed by atoms with Crippen LogP contribution in [-0.2, 0) is 6.42 Å². The zero-order valence-corrected chi connectivity index (χ0v) is 11.7. The van der Waals surface area contributed by atoms with Crippen LogP contribution in [0.3, 0.4) is 0 Å². The first-order valence-corrected chi connectivity index (χ1v) is 6.93.